The second-order valence-corrected chi connectivity index (χ2v) is 6.58. The number of benzene rings is 1. The first-order chi connectivity index (χ1) is 12.0. The number of ketones is 1. The van der Waals surface area contributed by atoms with E-state index >= 15 is 0 Å². The molecule has 0 unspecified atom stereocenters. The van der Waals surface area contributed by atoms with E-state index in [1.165, 1.54) is 5.56 Å². The molecule has 1 aromatic carbocycles. The van der Waals surface area contributed by atoms with Gasteiger partial charge in [0.2, 0.25) is 0 Å². The van der Waals surface area contributed by atoms with Gasteiger partial charge in [-0.25, -0.2) is 4.98 Å². The molecule has 0 fully saturated rings. The molecule has 0 N–H and O–H groups in total. The van der Waals surface area contributed by atoms with E-state index in [0.717, 1.165) is 28.2 Å². The number of nitrogens with zero attached hydrogens (tertiary/aromatic N) is 2. The Morgan fingerprint density at radius 3 is 2.52 bits per heavy atom. The standard InChI is InChI=1S/C21H20N2OS/c1-4-5-19(25)18(24)12-17-21(16-9-6-14(2)7-10-16)22-20-11-8-15(3)13-23(17)20/h4-11,13,25H,1,12H2,2-3H3/b19-5-. The van der Waals surface area contributed by atoms with Gasteiger partial charge in [0, 0.05) is 16.7 Å². The van der Waals surface area contributed by atoms with Crippen molar-refractivity contribution in [3.63, 3.8) is 0 Å². The van der Waals surface area contributed by atoms with Crippen molar-refractivity contribution in [2.75, 3.05) is 0 Å². The molecule has 126 valence electrons. The van der Waals surface area contributed by atoms with Gasteiger partial charge in [0.25, 0.3) is 0 Å². The van der Waals surface area contributed by atoms with Gasteiger partial charge in [-0.3, -0.25) is 4.79 Å². The van der Waals surface area contributed by atoms with Crippen LogP contribution in [0.5, 0.6) is 0 Å². The van der Waals surface area contributed by atoms with Crippen molar-refractivity contribution in [1.29, 1.82) is 0 Å². The van der Waals surface area contributed by atoms with Gasteiger partial charge < -0.3 is 4.40 Å². The van der Waals surface area contributed by atoms with Gasteiger partial charge in [-0.15, -0.1) is 12.6 Å². The van der Waals surface area contributed by atoms with Crippen LogP contribution in [0.3, 0.4) is 0 Å². The normalized spacial score (nSPS) is 11.7. The largest absolute Gasteiger partial charge is 0.303 e. The number of hydrogen-bond donors (Lipinski definition) is 1. The molecule has 0 radical (unpaired) electrons. The summed E-state index contributed by atoms with van der Waals surface area (Å²) in [7, 11) is 0. The monoisotopic (exact) mass is 348 g/mol. The third kappa shape index (κ3) is 3.59. The Hall–Kier alpha value is -2.59. The zero-order valence-electron chi connectivity index (χ0n) is 14.4. The summed E-state index contributed by atoms with van der Waals surface area (Å²) in [4.78, 5) is 17.7. The van der Waals surface area contributed by atoms with Gasteiger partial charge in [0.05, 0.1) is 17.8 Å². The molecule has 2 aromatic heterocycles. The number of pyridine rings is 1. The van der Waals surface area contributed by atoms with Crippen LogP contribution in [0.4, 0.5) is 0 Å². The summed E-state index contributed by atoms with van der Waals surface area (Å²) >= 11 is 4.28. The SMILES string of the molecule is C=C/C=C(\S)C(=O)Cc1c(-c2ccc(C)cc2)nc2ccc(C)cn12. The first kappa shape index (κ1) is 17.2. The first-order valence-electron chi connectivity index (χ1n) is 8.09. The Morgan fingerprint density at radius 1 is 1.16 bits per heavy atom. The number of carbonyl (C=O) groups is 1. The molecular formula is C21H20N2OS. The lowest BCUT2D eigenvalue weighted by atomic mass is 10.1. The highest BCUT2D eigenvalue weighted by molar-refractivity contribution is 7.85. The van der Waals surface area contributed by atoms with Crippen LogP contribution < -0.4 is 0 Å². The number of Topliss-reactive ketones (excluding diaryl/α,β-unsaturated/α-hetero) is 1. The minimum absolute atomic E-state index is 0.0556. The number of hydrogen-bond acceptors (Lipinski definition) is 3. The van der Waals surface area contributed by atoms with Crippen LogP contribution in [0.2, 0.25) is 0 Å². The van der Waals surface area contributed by atoms with Crippen LogP contribution in [0.25, 0.3) is 16.9 Å². The molecule has 0 aliphatic rings. The molecule has 0 spiro atoms. The summed E-state index contributed by atoms with van der Waals surface area (Å²) in [5.74, 6) is -0.0556. The molecule has 0 saturated heterocycles. The number of imidazole rings is 1. The van der Waals surface area contributed by atoms with E-state index in [0.29, 0.717) is 4.91 Å². The molecule has 25 heavy (non-hydrogen) atoms. The zero-order valence-corrected chi connectivity index (χ0v) is 15.3. The molecule has 0 aliphatic heterocycles. The maximum atomic E-state index is 12.5. The van der Waals surface area contributed by atoms with Gasteiger partial charge >= 0.3 is 0 Å². The Kier molecular flexibility index (Phi) is 4.91. The molecule has 0 amide bonds. The summed E-state index contributed by atoms with van der Waals surface area (Å²) in [6, 6.07) is 12.2. The molecule has 0 aliphatic carbocycles. The second kappa shape index (κ2) is 7.11. The fraction of sp³-hybridized carbons (Fsp3) is 0.143. The van der Waals surface area contributed by atoms with Gasteiger partial charge in [0.1, 0.15) is 5.65 Å². The highest BCUT2D eigenvalue weighted by Crippen LogP contribution is 2.26. The van der Waals surface area contributed by atoms with Crippen LogP contribution in [-0.2, 0) is 11.2 Å². The smallest absolute Gasteiger partial charge is 0.174 e. The average molecular weight is 348 g/mol. The molecule has 3 nitrogen and oxygen atoms in total. The van der Waals surface area contributed by atoms with Gasteiger partial charge in [0.15, 0.2) is 5.78 Å². The predicted octanol–water partition coefficient (Wildman–Crippen LogP) is 4.73. The number of allylic oxidation sites excluding steroid dienone is 3. The van der Waals surface area contributed by atoms with E-state index in [4.69, 9.17) is 4.98 Å². The van der Waals surface area contributed by atoms with E-state index in [-0.39, 0.29) is 12.2 Å². The zero-order chi connectivity index (χ0) is 18.0. The molecule has 0 atom stereocenters. The fourth-order valence-electron chi connectivity index (χ4n) is 2.76. The van der Waals surface area contributed by atoms with E-state index in [9.17, 15) is 4.79 Å². The molecular weight excluding hydrogens is 328 g/mol. The van der Waals surface area contributed by atoms with Crippen molar-refractivity contribution in [1.82, 2.24) is 9.38 Å². The van der Waals surface area contributed by atoms with Crippen LogP contribution in [0.15, 0.2) is 66.2 Å². The number of aryl methyl sites for hydroxylation is 2. The van der Waals surface area contributed by atoms with Crippen molar-refractivity contribution < 1.29 is 4.79 Å². The van der Waals surface area contributed by atoms with Crippen molar-refractivity contribution in [3.8, 4) is 11.3 Å². The Balaban J connectivity index is 2.16. The molecule has 2 heterocycles. The molecule has 3 rings (SSSR count). The summed E-state index contributed by atoms with van der Waals surface area (Å²) in [5.41, 5.74) is 5.84. The summed E-state index contributed by atoms with van der Waals surface area (Å²) in [5, 5.41) is 0. The van der Waals surface area contributed by atoms with Crippen molar-refractivity contribution in [2.45, 2.75) is 20.3 Å². The van der Waals surface area contributed by atoms with Crippen LogP contribution in [0, 0.1) is 13.8 Å². The minimum Gasteiger partial charge on any atom is -0.303 e. The Morgan fingerprint density at radius 2 is 1.84 bits per heavy atom. The van der Waals surface area contributed by atoms with E-state index in [1.54, 1.807) is 12.2 Å². The highest BCUT2D eigenvalue weighted by atomic mass is 32.1. The first-order valence-corrected chi connectivity index (χ1v) is 8.54. The third-order valence-electron chi connectivity index (χ3n) is 4.08. The van der Waals surface area contributed by atoms with Crippen molar-refractivity contribution >= 4 is 24.1 Å². The number of carbonyl (C=O) groups excluding carboxylic acids is 1. The average Bonchev–Trinajstić information content (AvgIpc) is 2.93. The van der Waals surface area contributed by atoms with Crippen LogP contribution >= 0.6 is 12.6 Å². The fourth-order valence-corrected chi connectivity index (χ4v) is 2.94. The lowest BCUT2D eigenvalue weighted by Crippen LogP contribution is -2.06. The lowest BCUT2D eigenvalue weighted by molar-refractivity contribution is -0.114. The quantitative estimate of drug-likeness (QED) is 0.411. The van der Waals surface area contributed by atoms with E-state index in [1.807, 2.05) is 41.8 Å². The van der Waals surface area contributed by atoms with Gasteiger partial charge in [-0.1, -0.05) is 48.6 Å². The molecule has 0 saturated carbocycles. The molecule has 4 heteroatoms. The van der Waals surface area contributed by atoms with Crippen molar-refractivity contribution in [2.24, 2.45) is 0 Å². The minimum atomic E-state index is -0.0556. The third-order valence-corrected chi connectivity index (χ3v) is 4.48. The number of thiol groups is 1. The summed E-state index contributed by atoms with van der Waals surface area (Å²) < 4.78 is 2.00. The highest BCUT2D eigenvalue weighted by Gasteiger charge is 2.18. The maximum Gasteiger partial charge on any atom is 0.174 e. The number of rotatable bonds is 5. The number of fused-ring (bicyclic) bond motifs is 1. The lowest BCUT2D eigenvalue weighted by Gasteiger charge is -2.06. The van der Waals surface area contributed by atoms with Gasteiger partial charge in [-0.05, 0) is 31.6 Å². The maximum absolute atomic E-state index is 12.5. The van der Waals surface area contributed by atoms with Crippen LogP contribution in [0.1, 0.15) is 16.8 Å². The summed E-state index contributed by atoms with van der Waals surface area (Å²) in [6.45, 7) is 7.70. The topological polar surface area (TPSA) is 34.4 Å². The summed E-state index contributed by atoms with van der Waals surface area (Å²) in [6.07, 6.45) is 5.43. The Labute approximate surface area is 153 Å². The van der Waals surface area contributed by atoms with E-state index in [2.05, 4.69) is 38.3 Å². The number of aromatic nitrogens is 2. The van der Waals surface area contributed by atoms with E-state index < -0.39 is 0 Å². The van der Waals surface area contributed by atoms with Gasteiger partial charge in [-0.2, -0.15) is 0 Å². The second-order valence-electron chi connectivity index (χ2n) is 6.10. The molecule has 3 aromatic rings. The van der Waals surface area contributed by atoms with Crippen molar-refractivity contribution in [3.05, 3.63) is 83.1 Å². The predicted molar refractivity (Wildman–Crippen MR) is 106 cm³/mol. The Bertz CT molecular complexity index is 981. The van der Waals surface area contributed by atoms with Crippen LogP contribution in [-0.4, -0.2) is 15.2 Å². The molecule has 0 bridgehead atoms.